The molecule has 0 aromatic heterocycles. The van der Waals surface area contributed by atoms with Crippen LogP contribution in [-0.2, 0) is 11.4 Å². The summed E-state index contributed by atoms with van der Waals surface area (Å²) in [6.45, 7) is 0.529. The maximum absolute atomic E-state index is 12.1. The molecule has 0 aliphatic carbocycles. The molecule has 7 heteroatoms. The summed E-state index contributed by atoms with van der Waals surface area (Å²) in [6.07, 6.45) is 1.53. The average Bonchev–Trinajstić information content (AvgIpc) is 3.12. The molecule has 27 heavy (non-hydrogen) atoms. The van der Waals surface area contributed by atoms with Crippen LogP contribution in [0.1, 0.15) is 11.1 Å². The van der Waals surface area contributed by atoms with E-state index in [1.807, 2.05) is 30.3 Å². The third-order valence-corrected chi connectivity index (χ3v) is 4.35. The van der Waals surface area contributed by atoms with Crippen LogP contribution in [0.5, 0.6) is 17.2 Å². The number of carbonyl (C=O) groups is 1. The fourth-order valence-corrected chi connectivity index (χ4v) is 2.87. The lowest BCUT2D eigenvalue weighted by Gasteiger charge is -2.12. The second-order valence-electron chi connectivity index (χ2n) is 6.03. The summed E-state index contributed by atoms with van der Waals surface area (Å²) >= 11 is 3.41. The van der Waals surface area contributed by atoms with Gasteiger partial charge in [-0.05, 0) is 42.0 Å². The van der Waals surface area contributed by atoms with Crippen LogP contribution in [0.3, 0.4) is 0 Å². The minimum Gasteiger partial charge on any atom is -0.488 e. The molecule has 138 valence electrons. The molecule has 1 heterocycles. The molecule has 6 nitrogen and oxygen atoms in total. The van der Waals surface area contributed by atoms with Gasteiger partial charge in [0.15, 0.2) is 11.5 Å². The van der Waals surface area contributed by atoms with Gasteiger partial charge in [-0.25, -0.2) is 0 Å². The summed E-state index contributed by atoms with van der Waals surface area (Å²) in [6, 6.07) is 13.0. The number of ether oxygens (including phenoxy) is 3. The lowest BCUT2D eigenvalue weighted by atomic mass is 10.1. The minimum atomic E-state index is -0.362. The van der Waals surface area contributed by atoms with Gasteiger partial charge in [0.05, 0.1) is 0 Å². The second-order valence-corrected chi connectivity index (χ2v) is 6.94. The van der Waals surface area contributed by atoms with Crippen molar-refractivity contribution in [2.45, 2.75) is 6.61 Å². The van der Waals surface area contributed by atoms with Crippen molar-refractivity contribution in [3.63, 3.8) is 0 Å². The number of amides is 1. The van der Waals surface area contributed by atoms with Crippen LogP contribution in [-0.4, -0.2) is 31.7 Å². The average molecular weight is 429 g/mol. The number of halogens is 1. The van der Waals surface area contributed by atoms with Crippen LogP contribution in [0.15, 0.2) is 46.4 Å². The van der Waals surface area contributed by atoms with Crippen molar-refractivity contribution in [1.82, 2.24) is 4.90 Å². The van der Waals surface area contributed by atoms with Crippen LogP contribution in [0.2, 0.25) is 0 Å². The van der Waals surface area contributed by atoms with E-state index in [0.29, 0.717) is 29.4 Å². The van der Waals surface area contributed by atoms with Crippen LogP contribution >= 0.6 is 15.9 Å². The Hall–Kier alpha value is -2.98. The molecular formula is C20H17BrN2O4. The molecule has 1 aliphatic rings. The first-order valence-electron chi connectivity index (χ1n) is 8.12. The lowest BCUT2D eigenvalue weighted by Crippen LogP contribution is -2.22. The summed E-state index contributed by atoms with van der Waals surface area (Å²) in [5.41, 5.74) is 1.59. The molecule has 1 aliphatic heterocycles. The van der Waals surface area contributed by atoms with E-state index in [4.69, 9.17) is 14.2 Å². The fraction of sp³-hybridized carbons (Fsp3) is 0.200. The summed E-state index contributed by atoms with van der Waals surface area (Å²) in [5, 5.41) is 9.32. The Bertz CT molecular complexity index is 947. The molecule has 0 unspecified atom stereocenters. The van der Waals surface area contributed by atoms with Crippen LogP contribution in [0.4, 0.5) is 0 Å². The highest BCUT2D eigenvalue weighted by atomic mass is 79.9. The van der Waals surface area contributed by atoms with Crippen molar-refractivity contribution < 1.29 is 19.0 Å². The first kappa shape index (κ1) is 18.8. The number of hydrogen-bond acceptors (Lipinski definition) is 5. The van der Waals surface area contributed by atoms with Gasteiger partial charge < -0.3 is 19.1 Å². The van der Waals surface area contributed by atoms with Crippen molar-refractivity contribution in [2.75, 3.05) is 20.9 Å². The number of benzene rings is 2. The van der Waals surface area contributed by atoms with E-state index in [-0.39, 0.29) is 18.3 Å². The van der Waals surface area contributed by atoms with Gasteiger partial charge >= 0.3 is 0 Å². The van der Waals surface area contributed by atoms with Gasteiger partial charge in [0, 0.05) is 24.1 Å². The van der Waals surface area contributed by atoms with E-state index in [1.54, 1.807) is 26.2 Å². The van der Waals surface area contributed by atoms with Crippen LogP contribution < -0.4 is 14.2 Å². The van der Waals surface area contributed by atoms with Crippen molar-refractivity contribution in [3.8, 4) is 23.3 Å². The quantitative estimate of drug-likeness (QED) is 0.535. The molecule has 0 radical (unpaired) electrons. The van der Waals surface area contributed by atoms with Crippen molar-refractivity contribution in [3.05, 3.63) is 57.6 Å². The number of likely N-dealkylation sites (N-methyl/N-ethyl adjacent to an activating group) is 1. The van der Waals surface area contributed by atoms with E-state index in [0.717, 1.165) is 10.0 Å². The number of hydrogen-bond donors (Lipinski definition) is 0. The Morgan fingerprint density at radius 2 is 2.04 bits per heavy atom. The Kier molecular flexibility index (Phi) is 5.67. The molecule has 2 aromatic rings. The smallest absolute Gasteiger partial charge is 0.264 e. The zero-order valence-corrected chi connectivity index (χ0v) is 16.4. The molecule has 0 saturated carbocycles. The summed E-state index contributed by atoms with van der Waals surface area (Å²) in [5.74, 6) is 1.61. The number of carbonyl (C=O) groups excluding carboxylic acids is 1. The van der Waals surface area contributed by atoms with Gasteiger partial charge in [-0.15, -0.1) is 0 Å². The molecular weight excluding hydrogens is 412 g/mol. The van der Waals surface area contributed by atoms with Gasteiger partial charge in [-0.1, -0.05) is 22.0 Å². The standard InChI is InChI=1S/C20H17BrN2O4/c1-23(2)20(24)15(10-22)8-14-9-16(21)4-6-17(14)25-11-13-3-5-18-19(7-13)27-12-26-18/h3-9H,11-12H2,1-2H3/b15-8-. The normalized spacial score (nSPS) is 12.4. The number of nitrogens with zero attached hydrogens (tertiary/aromatic N) is 2. The first-order valence-corrected chi connectivity index (χ1v) is 8.91. The van der Waals surface area contributed by atoms with Crippen molar-refractivity contribution >= 4 is 27.9 Å². The SMILES string of the molecule is CN(C)C(=O)/C(C#N)=C\c1cc(Br)ccc1OCc1ccc2c(c1)OCO2. The van der Waals surface area contributed by atoms with E-state index < -0.39 is 0 Å². The minimum absolute atomic E-state index is 0.0334. The largest absolute Gasteiger partial charge is 0.488 e. The van der Waals surface area contributed by atoms with Crippen molar-refractivity contribution in [1.29, 1.82) is 5.26 Å². The Balaban J connectivity index is 1.84. The van der Waals surface area contributed by atoms with Gasteiger partial charge in [-0.3, -0.25) is 4.79 Å². The molecule has 0 bridgehead atoms. The molecule has 0 atom stereocenters. The fourth-order valence-electron chi connectivity index (χ4n) is 2.49. The predicted molar refractivity (Wildman–Crippen MR) is 103 cm³/mol. The van der Waals surface area contributed by atoms with Crippen LogP contribution in [0, 0.1) is 11.3 Å². The highest BCUT2D eigenvalue weighted by Gasteiger charge is 2.15. The maximum Gasteiger partial charge on any atom is 0.264 e. The van der Waals surface area contributed by atoms with E-state index in [1.165, 1.54) is 11.0 Å². The summed E-state index contributed by atoms with van der Waals surface area (Å²) in [7, 11) is 3.21. The van der Waals surface area contributed by atoms with Gasteiger partial charge in [0.25, 0.3) is 5.91 Å². The zero-order valence-electron chi connectivity index (χ0n) is 14.9. The Labute approximate surface area is 165 Å². The highest BCUT2D eigenvalue weighted by Crippen LogP contribution is 2.33. The number of fused-ring (bicyclic) bond motifs is 1. The monoisotopic (exact) mass is 428 g/mol. The van der Waals surface area contributed by atoms with Crippen molar-refractivity contribution in [2.24, 2.45) is 0 Å². The topological polar surface area (TPSA) is 71.8 Å². The molecule has 2 aromatic carbocycles. The van der Waals surface area contributed by atoms with Gasteiger partial charge in [0.1, 0.15) is 24.0 Å². The maximum atomic E-state index is 12.1. The van der Waals surface area contributed by atoms with Gasteiger partial charge in [0.2, 0.25) is 6.79 Å². The van der Waals surface area contributed by atoms with Crippen LogP contribution in [0.25, 0.3) is 6.08 Å². The van der Waals surface area contributed by atoms with E-state index in [2.05, 4.69) is 15.9 Å². The predicted octanol–water partition coefficient (Wildman–Crippen LogP) is 3.75. The summed E-state index contributed by atoms with van der Waals surface area (Å²) in [4.78, 5) is 13.5. The zero-order chi connectivity index (χ0) is 19.4. The molecule has 0 spiro atoms. The Morgan fingerprint density at radius 3 is 2.78 bits per heavy atom. The molecule has 3 rings (SSSR count). The first-order chi connectivity index (χ1) is 13.0. The van der Waals surface area contributed by atoms with E-state index >= 15 is 0 Å². The molecule has 0 fully saturated rings. The number of nitriles is 1. The second kappa shape index (κ2) is 8.14. The number of rotatable bonds is 5. The lowest BCUT2D eigenvalue weighted by molar-refractivity contribution is -0.124. The Morgan fingerprint density at radius 1 is 1.26 bits per heavy atom. The molecule has 1 amide bonds. The van der Waals surface area contributed by atoms with Gasteiger partial charge in [-0.2, -0.15) is 5.26 Å². The third kappa shape index (κ3) is 4.41. The molecule has 0 saturated heterocycles. The summed E-state index contributed by atoms with van der Waals surface area (Å²) < 4.78 is 17.4. The van der Waals surface area contributed by atoms with E-state index in [9.17, 15) is 10.1 Å². The third-order valence-electron chi connectivity index (χ3n) is 3.86. The molecule has 0 N–H and O–H groups in total. The highest BCUT2D eigenvalue weighted by molar-refractivity contribution is 9.10.